The smallest absolute Gasteiger partial charge is 0.269 e. The summed E-state index contributed by atoms with van der Waals surface area (Å²) in [5.74, 6) is 0. The number of benzene rings is 1. The SMILES string of the molecule is O=[N+]([O-])c1ccc(S(=O)(=O)N2C[C@H]3C[C@@H](C2)N3)cc1. The van der Waals surface area contributed by atoms with Crippen LogP contribution in [0.15, 0.2) is 29.2 Å². The number of nitro groups is 1. The summed E-state index contributed by atoms with van der Waals surface area (Å²) in [6.45, 7) is 0.936. The average Bonchev–Trinajstić information content (AvgIpc) is 2.38. The summed E-state index contributed by atoms with van der Waals surface area (Å²) in [6.07, 6.45) is 1.02. The van der Waals surface area contributed by atoms with Crippen LogP contribution < -0.4 is 5.32 Å². The van der Waals surface area contributed by atoms with E-state index in [0.29, 0.717) is 13.1 Å². The van der Waals surface area contributed by atoms with E-state index in [4.69, 9.17) is 0 Å². The molecular weight excluding hydrogens is 270 g/mol. The highest BCUT2D eigenvalue weighted by Gasteiger charge is 2.41. The largest absolute Gasteiger partial charge is 0.308 e. The minimum atomic E-state index is -3.54. The van der Waals surface area contributed by atoms with Crippen LogP contribution in [0.2, 0.25) is 0 Å². The van der Waals surface area contributed by atoms with Crippen LogP contribution in [0.5, 0.6) is 0 Å². The van der Waals surface area contributed by atoms with Crippen molar-refractivity contribution < 1.29 is 13.3 Å². The number of fused-ring (bicyclic) bond motifs is 2. The number of non-ortho nitro benzene ring substituents is 1. The Bertz CT molecular complexity index is 597. The Kier molecular flexibility index (Phi) is 2.80. The number of nitro benzene ring substituents is 1. The minimum absolute atomic E-state index is 0.109. The van der Waals surface area contributed by atoms with Crippen LogP contribution in [-0.4, -0.2) is 42.8 Å². The number of nitrogens with zero attached hydrogens (tertiary/aromatic N) is 2. The number of hydrogen-bond acceptors (Lipinski definition) is 5. The molecule has 8 heteroatoms. The lowest BCUT2D eigenvalue weighted by atomic mass is 9.93. The van der Waals surface area contributed by atoms with Gasteiger partial charge >= 0.3 is 0 Å². The van der Waals surface area contributed by atoms with Crippen LogP contribution in [0.4, 0.5) is 5.69 Å². The zero-order valence-electron chi connectivity index (χ0n) is 10.0. The van der Waals surface area contributed by atoms with Gasteiger partial charge in [0.25, 0.3) is 5.69 Å². The molecule has 7 nitrogen and oxygen atoms in total. The van der Waals surface area contributed by atoms with Gasteiger partial charge in [0, 0.05) is 37.3 Å². The first-order valence-electron chi connectivity index (χ1n) is 5.97. The highest BCUT2D eigenvalue weighted by atomic mass is 32.2. The molecule has 102 valence electrons. The molecule has 2 atom stereocenters. The van der Waals surface area contributed by atoms with Gasteiger partial charge in [-0.05, 0) is 18.6 Å². The maximum Gasteiger partial charge on any atom is 0.269 e. The van der Waals surface area contributed by atoms with E-state index in [9.17, 15) is 18.5 Å². The van der Waals surface area contributed by atoms with Crippen molar-refractivity contribution in [2.24, 2.45) is 0 Å². The molecule has 0 saturated carbocycles. The van der Waals surface area contributed by atoms with Crippen molar-refractivity contribution in [3.05, 3.63) is 34.4 Å². The monoisotopic (exact) mass is 283 g/mol. The van der Waals surface area contributed by atoms with E-state index in [0.717, 1.165) is 6.42 Å². The number of nitrogens with one attached hydrogen (secondary N) is 1. The standard InChI is InChI=1S/C11H13N3O4S/c15-14(16)10-1-3-11(4-2-10)19(17,18)13-6-8-5-9(7-13)12-8/h1-4,8-9,12H,5-7H2/t8-,9+. The Balaban J connectivity index is 1.85. The molecule has 0 radical (unpaired) electrons. The fraction of sp³-hybridized carbons (Fsp3) is 0.455. The highest BCUT2D eigenvalue weighted by molar-refractivity contribution is 7.89. The molecule has 3 saturated heterocycles. The molecule has 0 unspecified atom stereocenters. The lowest BCUT2D eigenvalue weighted by Gasteiger charge is -2.47. The average molecular weight is 283 g/mol. The lowest BCUT2D eigenvalue weighted by molar-refractivity contribution is -0.384. The van der Waals surface area contributed by atoms with E-state index >= 15 is 0 Å². The Labute approximate surface area is 110 Å². The van der Waals surface area contributed by atoms with Crippen LogP contribution in [0.1, 0.15) is 6.42 Å². The first kappa shape index (κ1) is 12.5. The molecule has 3 fully saturated rings. The molecule has 3 heterocycles. The first-order valence-corrected chi connectivity index (χ1v) is 7.41. The number of piperazine rings is 1. The minimum Gasteiger partial charge on any atom is -0.308 e. The number of sulfonamides is 1. The van der Waals surface area contributed by atoms with Gasteiger partial charge in [0.1, 0.15) is 0 Å². The molecule has 3 aliphatic heterocycles. The van der Waals surface area contributed by atoms with Gasteiger partial charge < -0.3 is 5.32 Å². The molecule has 0 amide bonds. The zero-order valence-corrected chi connectivity index (χ0v) is 10.8. The van der Waals surface area contributed by atoms with E-state index in [1.807, 2.05) is 0 Å². The summed E-state index contributed by atoms with van der Waals surface area (Å²) in [5, 5.41) is 13.8. The first-order chi connectivity index (χ1) is 8.96. The maximum absolute atomic E-state index is 12.4. The van der Waals surface area contributed by atoms with Crippen LogP contribution in [0, 0.1) is 10.1 Å². The second-order valence-electron chi connectivity index (χ2n) is 4.87. The van der Waals surface area contributed by atoms with Gasteiger partial charge in [-0.25, -0.2) is 8.42 Å². The van der Waals surface area contributed by atoms with Crippen molar-refractivity contribution in [1.29, 1.82) is 0 Å². The van der Waals surface area contributed by atoms with Crippen molar-refractivity contribution >= 4 is 15.7 Å². The molecule has 2 bridgehead atoms. The molecule has 1 N–H and O–H groups in total. The third kappa shape index (κ3) is 2.11. The fourth-order valence-electron chi connectivity index (χ4n) is 2.56. The second-order valence-corrected chi connectivity index (χ2v) is 6.81. The van der Waals surface area contributed by atoms with E-state index in [1.54, 1.807) is 0 Å². The van der Waals surface area contributed by atoms with E-state index in [2.05, 4.69) is 5.32 Å². The molecule has 4 rings (SSSR count). The Morgan fingerprint density at radius 2 is 1.74 bits per heavy atom. The Hall–Kier alpha value is -1.51. The summed E-state index contributed by atoms with van der Waals surface area (Å²) in [4.78, 5) is 10.1. The van der Waals surface area contributed by atoms with Gasteiger partial charge in [-0.2, -0.15) is 4.31 Å². The third-order valence-electron chi connectivity index (χ3n) is 3.57. The van der Waals surface area contributed by atoms with Crippen molar-refractivity contribution in [2.45, 2.75) is 23.4 Å². The summed E-state index contributed by atoms with van der Waals surface area (Å²) in [7, 11) is -3.54. The van der Waals surface area contributed by atoms with Crippen LogP contribution in [0.3, 0.4) is 0 Å². The molecule has 0 aliphatic carbocycles. The van der Waals surface area contributed by atoms with Gasteiger partial charge in [-0.1, -0.05) is 0 Å². The van der Waals surface area contributed by atoms with Crippen molar-refractivity contribution in [3.63, 3.8) is 0 Å². The topological polar surface area (TPSA) is 92.5 Å². The third-order valence-corrected chi connectivity index (χ3v) is 5.42. The molecule has 1 aromatic carbocycles. The van der Waals surface area contributed by atoms with Crippen molar-refractivity contribution in [2.75, 3.05) is 13.1 Å². The highest BCUT2D eigenvalue weighted by Crippen LogP contribution is 2.27. The summed E-state index contributed by atoms with van der Waals surface area (Å²) < 4.78 is 26.2. The lowest BCUT2D eigenvalue weighted by Crippen LogP contribution is -2.67. The van der Waals surface area contributed by atoms with Crippen molar-refractivity contribution in [1.82, 2.24) is 9.62 Å². The summed E-state index contributed by atoms with van der Waals surface area (Å²) >= 11 is 0. The van der Waals surface area contributed by atoms with Crippen LogP contribution in [-0.2, 0) is 10.0 Å². The summed E-state index contributed by atoms with van der Waals surface area (Å²) in [6, 6.07) is 5.51. The maximum atomic E-state index is 12.4. The van der Waals surface area contributed by atoms with Gasteiger partial charge in [-0.15, -0.1) is 0 Å². The van der Waals surface area contributed by atoms with Crippen LogP contribution >= 0.6 is 0 Å². The predicted molar refractivity (Wildman–Crippen MR) is 67.2 cm³/mol. The number of piperidine rings is 1. The Morgan fingerprint density at radius 1 is 1.21 bits per heavy atom. The molecule has 3 aliphatic rings. The second kappa shape index (κ2) is 4.26. The molecular formula is C11H13N3O4S. The fourth-order valence-corrected chi connectivity index (χ4v) is 4.09. The zero-order chi connectivity index (χ0) is 13.6. The molecule has 1 aromatic rings. The number of rotatable bonds is 3. The predicted octanol–water partition coefficient (Wildman–Crippen LogP) is 0.330. The normalized spacial score (nSPS) is 26.7. The van der Waals surface area contributed by atoms with E-state index in [1.165, 1.54) is 28.6 Å². The van der Waals surface area contributed by atoms with Gasteiger partial charge in [0.15, 0.2) is 0 Å². The van der Waals surface area contributed by atoms with E-state index in [-0.39, 0.29) is 22.7 Å². The molecule has 0 aromatic heterocycles. The van der Waals surface area contributed by atoms with Gasteiger partial charge in [-0.3, -0.25) is 10.1 Å². The van der Waals surface area contributed by atoms with Gasteiger partial charge in [0.05, 0.1) is 9.82 Å². The quantitative estimate of drug-likeness (QED) is 0.637. The van der Waals surface area contributed by atoms with Crippen molar-refractivity contribution in [3.8, 4) is 0 Å². The summed E-state index contributed by atoms with van der Waals surface area (Å²) in [5.41, 5.74) is -0.109. The van der Waals surface area contributed by atoms with E-state index < -0.39 is 14.9 Å². The number of hydrogen-bond donors (Lipinski definition) is 1. The van der Waals surface area contributed by atoms with Crippen LogP contribution in [0.25, 0.3) is 0 Å². The molecule has 0 spiro atoms. The molecule has 19 heavy (non-hydrogen) atoms. The Morgan fingerprint density at radius 3 is 2.21 bits per heavy atom. The van der Waals surface area contributed by atoms with Gasteiger partial charge in [0.2, 0.25) is 10.0 Å².